The van der Waals surface area contributed by atoms with E-state index in [0.29, 0.717) is 12.2 Å². The van der Waals surface area contributed by atoms with E-state index in [9.17, 15) is 19.2 Å². The monoisotopic (exact) mass is 401 g/mol. The van der Waals surface area contributed by atoms with E-state index in [4.69, 9.17) is 15.2 Å². The number of hydrogen-bond donors (Lipinski definition) is 1. The molecule has 29 heavy (non-hydrogen) atoms. The fourth-order valence-electron chi connectivity index (χ4n) is 2.62. The lowest BCUT2D eigenvalue weighted by molar-refractivity contribution is -0.136. The van der Waals surface area contributed by atoms with Gasteiger partial charge in [0.05, 0.1) is 7.11 Å². The highest BCUT2D eigenvalue weighted by molar-refractivity contribution is 6.01. The third kappa shape index (κ3) is 5.01. The lowest BCUT2D eigenvalue weighted by Crippen LogP contribution is -2.43. The zero-order chi connectivity index (χ0) is 21.6. The Morgan fingerprint density at radius 3 is 2.41 bits per heavy atom. The molecule has 2 aromatic rings. The Kier molecular flexibility index (Phi) is 7.13. The maximum absolute atomic E-state index is 12.4. The van der Waals surface area contributed by atoms with Gasteiger partial charge in [-0.25, -0.2) is 9.59 Å². The summed E-state index contributed by atoms with van der Waals surface area (Å²) in [6.45, 7) is 1.41. The highest BCUT2D eigenvalue weighted by Crippen LogP contribution is 2.12. The Bertz CT molecular complexity index is 1050. The van der Waals surface area contributed by atoms with Crippen molar-refractivity contribution < 1.29 is 19.1 Å². The third-order valence-corrected chi connectivity index (χ3v) is 4.18. The summed E-state index contributed by atoms with van der Waals surface area (Å²) in [4.78, 5) is 48.7. The number of esters is 1. The average molecular weight is 401 g/mol. The molecule has 0 saturated heterocycles. The van der Waals surface area contributed by atoms with E-state index < -0.39 is 29.6 Å². The van der Waals surface area contributed by atoms with Crippen LogP contribution in [0.1, 0.15) is 29.3 Å². The van der Waals surface area contributed by atoms with Crippen molar-refractivity contribution in [3.8, 4) is 5.75 Å². The van der Waals surface area contributed by atoms with Gasteiger partial charge in [0.2, 0.25) is 5.78 Å². The van der Waals surface area contributed by atoms with Gasteiger partial charge in [-0.2, -0.15) is 0 Å². The first-order valence-electron chi connectivity index (χ1n) is 8.91. The first kappa shape index (κ1) is 21.7. The van der Waals surface area contributed by atoms with Crippen molar-refractivity contribution in [2.45, 2.75) is 19.9 Å². The summed E-state index contributed by atoms with van der Waals surface area (Å²) >= 11 is 0. The molecule has 0 aliphatic carbocycles. The highest BCUT2D eigenvalue weighted by atomic mass is 16.5. The van der Waals surface area contributed by atoms with E-state index in [1.54, 1.807) is 31.4 Å². The number of ether oxygens (including phenoxy) is 2. The quantitative estimate of drug-likeness (QED) is 0.397. The maximum Gasteiger partial charge on any atom is 0.332 e. The van der Waals surface area contributed by atoms with E-state index in [1.165, 1.54) is 13.1 Å². The van der Waals surface area contributed by atoms with Crippen LogP contribution in [0.25, 0.3) is 6.08 Å². The minimum atomic E-state index is -0.824. The van der Waals surface area contributed by atoms with Gasteiger partial charge in [0.25, 0.3) is 5.56 Å². The van der Waals surface area contributed by atoms with Crippen LogP contribution in [0.5, 0.6) is 5.75 Å². The molecule has 2 N–H and O–H groups in total. The van der Waals surface area contributed by atoms with Crippen LogP contribution >= 0.6 is 0 Å². The van der Waals surface area contributed by atoms with Crippen molar-refractivity contribution in [1.29, 1.82) is 0 Å². The van der Waals surface area contributed by atoms with Crippen molar-refractivity contribution in [3.05, 3.63) is 62.3 Å². The Hall–Kier alpha value is -3.62. The maximum atomic E-state index is 12.4. The molecule has 1 aromatic heterocycles. The number of hydrogen-bond acceptors (Lipinski definition) is 7. The number of nitrogen functional groups attached to an aromatic ring is 1. The number of carbonyl (C=O) groups is 2. The molecule has 9 nitrogen and oxygen atoms in total. The van der Waals surface area contributed by atoms with E-state index in [1.807, 2.05) is 6.92 Å². The predicted molar refractivity (Wildman–Crippen MR) is 108 cm³/mol. The van der Waals surface area contributed by atoms with Gasteiger partial charge in [-0.3, -0.25) is 18.7 Å². The van der Waals surface area contributed by atoms with Crippen molar-refractivity contribution in [3.63, 3.8) is 0 Å². The Labute approximate surface area is 167 Å². The molecule has 0 saturated carbocycles. The van der Waals surface area contributed by atoms with Crippen molar-refractivity contribution in [1.82, 2.24) is 9.13 Å². The molecular formula is C20H23N3O6. The van der Waals surface area contributed by atoms with Crippen LogP contribution in [0.3, 0.4) is 0 Å². The number of Topliss-reactive ketones (excluding diaryl/α,β-unsaturated/α-hetero) is 1. The van der Waals surface area contributed by atoms with Crippen molar-refractivity contribution in [2.24, 2.45) is 7.05 Å². The van der Waals surface area contributed by atoms with E-state index in [2.05, 4.69) is 0 Å². The molecule has 1 heterocycles. The van der Waals surface area contributed by atoms with Gasteiger partial charge in [-0.15, -0.1) is 0 Å². The second kappa shape index (κ2) is 9.54. The summed E-state index contributed by atoms with van der Waals surface area (Å²) < 4.78 is 11.9. The van der Waals surface area contributed by atoms with Crippen LogP contribution in [0.4, 0.5) is 5.82 Å². The van der Waals surface area contributed by atoms with Crippen molar-refractivity contribution >= 4 is 23.6 Å². The highest BCUT2D eigenvalue weighted by Gasteiger charge is 2.22. The molecule has 0 atom stereocenters. The van der Waals surface area contributed by atoms with Gasteiger partial charge >= 0.3 is 11.7 Å². The fraction of sp³-hybridized carbons (Fsp3) is 0.300. The Morgan fingerprint density at radius 2 is 1.83 bits per heavy atom. The molecule has 2 rings (SSSR count). The number of methoxy groups -OCH3 is 1. The number of rotatable bonds is 8. The molecule has 9 heteroatoms. The minimum Gasteiger partial charge on any atom is -0.497 e. The predicted octanol–water partition coefficient (Wildman–Crippen LogP) is 0.987. The molecule has 0 unspecified atom stereocenters. The minimum absolute atomic E-state index is 0.227. The smallest absolute Gasteiger partial charge is 0.332 e. The number of nitrogens with zero attached hydrogens (tertiary/aromatic N) is 2. The number of anilines is 1. The zero-order valence-electron chi connectivity index (χ0n) is 16.5. The molecule has 1 aromatic carbocycles. The summed E-state index contributed by atoms with van der Waals surface area (Å²) in [6, 6.07) is 6.96. The van der Waals surface area contributed by atoms with Gasteiger partial charge in [-0.1, -0.05) is 19.1 Å². The molecule has 0 radical (unpaired) electrons. The van der Waals surface area contributed by atoms with Crippen LogP contribution in [0, 0.1) is 0 Å². The Balaban J connectivity index is 2.12. The molecule has 0 aliphatic heterocycles. The zero-order valence-corrected chi connectivity index (χ0v) is 16.5. The van der Waals surface area contributed by atoms with E-state index in [-0.39, 0.29) is 17.9 Å². The number of nitrogens with two attached hydrogens (primary N) is 1. The molecule has 154 valence electrons. The van der Waals surface area contributed by atoms with Gasteiger partial charge in [-0.05, 0) is 30.2 Å². The summed E-state index contributed by atoms with van der Waals surface area (Å²) in [6.07, 6.45) is 3.26. The number of ketones is 1. The van der Waals surface area contributed by atoms with Crippen LogP contribution in [0.2, 0.25) is 0 Å². The first-order valence-corrected chi connectivity index (χ1v) is 8.91. The van der Waals surface area contributed by atoms with Crippen molar-refractivity contribution in [2.75, 3.05) is 19.5 Å². The normalized spacial score (nSPS) is 10.9. The summed E-state index contributed by atoms with van der Waals surface area (Å²) in [7, 11) is 2.81. The number of carbonyl (C=O) groups excluding carboxylic acids is 2. The van der Waals surface area contributed by atoms with Crippen LogP contribution in [-0.2, 0) is 23.1 Å². The van der Waals surface area contributed by atoms with Gasteiger partial charge in [0, 0.05) is 19.7 Å². The Morgan fingerprint density at radius 1 is 1.17 bits per heavy atom. The summed E-state index contributed by atoms with van der Waals surface area (Å²) in [5.41, 5.74) is 4.81. The number of benzene rings is 1. The number of aromatic nitrogens is 2. The summed E-state index contributed by atoms with van der Waals surface area (Å²) in [5.74, 6) is -1.08. The third-order valence-electron chi connectivity index (χ3n) is 4.18. The second-order valence-electron chi connectivity index (χ2n) is 6.20. The van der Waals surface area contributed by atoms with Gasteiger partial charge in [0.1, 0.15) is 17.1 Å². The SMILES string of the molecule is CCCn1c(N)c(C(=O)COC(=O)/C=C/c2ccc(OC)cc2)c(=O)n(C)c1=O. The molecular weight excluding hydrogens is 378 g/mol. The summed E-state index contributed by atoms with van der Waals surface area (Å²) in [5, 5.41) is 0. The topological polar surface area (TPSA) is 123 Å². The molecule has 0 aliphatic rings. The average Bonchev–Trinajstić information content (AvgIpc) is 2.72. The van der Waals surface area contributed by atoms with E-state index in [0.717, 1.165) is 20.8 Å². The molecule has 0 amide bonds. The second-order valence-corrected chi connectivity index (χ2v) is 6.20. The fourth-order valence-corrected chi connectivity index (χ4v) is 2.62. The lowest BCUT2D eigenvalue weighted by Gasteiger charge is -2.13. The standard InChI is InChI=1S/C20H23N3O6/c1-4-11-23-18(21)17(19(26)22(2)20(23)27)15(24)12-29-16(25)10-7-13-5-8-14(28-3)9-6-13/h5-10H,4,11-12,21H2,1-3H3/b10-7+. The molecule has 0 bridgehead atoms. The molecule has 0 spiro atoms. The van der Waals surface area contributed by atoms with Gasteiger partial charge in [0.15, 0.2) is 6.61 Å². The molecule has 0 fully saturated rings. The van der Waals surface area contributed by atoms with Gasteiger partial charge < -0.3 is 15.2 Å². The van der Waals surface area contributed by atoms with Crippen LogP contribution in [0.15, 0.2) is 39.9 Å². The van der Waals surface area contributed by atoms with Crippen LogP contribution < -0.4 is 21.7 Å². The van der Waals surface area contributed by atoms with E-state index >= 15 is 0 Å². The van der Waals surface area contributed by atoms with Crippen LogP contribution in [-0.4, -0.2) is 34.6 Å². The largest absolute Gasteiger partial charge is 0.497 e. The first-order chi connectivity index (χ1) is 13.8. The lowest BCUT2D eigenvalue weighted by atomic mass is 10.2.